The normalized spacial score (nSPS) is 11.2. The lowest BCUT2D eigenvalue weighted by Gasteiger charge is -2.20. The molecule has 0 aliphatic carbocycles. The number of nitrogens with zero attached hydrogens (tertiary/aromatic N) is 1. The molecule has 3 aromatic carbocycles. The minimum atomic E-state index is -3.69. The number of thioether (sulfide) groups is 1. The molecule has 0 radical (unpaired) electrons. The van der Waals surface area contributed by atoms with E-state index in [1.807, 2.05) is 18.4 Å². The van der Waals surface area contributed by atoms with Crippen molar-refractivity contribution in [2.45, 2.75) is 16.3 Å². The number of sulfonamides is 1. The second kappa shape index (κ2) is 9.55. The molecule has 3 rings (SSSR count). The van der Waals surface area contributed by atoms with Crippen molar-refractivity contribution in [2.24, 2.45) is 0 Å². The zero-order valence-electron chi connectivity index (χ0n) is 16.5. The van der Waals surface area contributed by atoms with Gasteiger partial charge >= 0.3 is 0 Å². The van der Waals surface area contributed by atoms with Crippen LogP contribution in [0, 0.1) is 0 Å². The SMILES string of the molecule is CSc1ccc(S(=O)(=O)N(C)c2ccc(C(=O)NCc3ccc(Cl)cc3)cc2)cc1. The molecule has 156 valence electrons. The Morgan fingerprint density at radius 1 is 0.967 bits per heavy atom. The van der Waals surface area contributed by atoms with Crippen LogP contribution in [0.25, 0.3) is 0 Å². The van der Waals surface area contributed by atoms with Crippen LogP contribution in [0.3, 0.4) is 0 Å². The van der Waals surface area contributed by atoms with Crippen molar-refractivity contribution >= 4 is 45.0 Å². The standard InChI is InChI=1S/C22H21ClN2O3S2/c1-25(30(27,28)21-13-11-20(29-2)12-14-21)19-9-5-17(6-10-19)22(26)24-15-16-3-7-18(23)8-4-16/h3-14H,15H2,1-2H3,(H,24,26). The molecule has 0 unspecified atom stereocenters. The van der Waals surface area contributed by atoms with Crippen molar-refractivity contribution in [1.29, 1.82) is 0 Å². The van der Waals surface area contributed by atoms with Gasteiger partial charge < -0.3 is 5.32 Å². The number of hydrogen-bond donors (Lipinski definition) is 1. The molecule has 3 aromatic rings. The molecule has 0 saturated carbocycles. The first kappa shape index (κ1) is 22.2. The molecule has 0 spiro atoms. The van der Waals surface area contributed by atoms with Crippen LogP contribution in [0.15, 0.2) is 82.6 Å². The van der Waals surface area contributed by atoms with Crippen LogP contribution in [-0.4, -0.2) is 27.6 Å². The molecule has 0 atom stereocenters. The summed E-state index contributed by atoms with van der Waals surface area (Å²) in [6, 6.07) is 20.4. The van der Waals surface area contributed by atoms with Crippen LogP contribution in [0.5, 0.6) is 0 Å². The van der Waals surface area contributed by atoms with Crippen LogP contribution in [0.4, 0.5) is 5.69 Å². The maximum Gasteiger partial charge on any atom is 0.264 e. The van der Waals surface area contributed by atoms with E-state index in [9.17, 15) is 13.2 Å². The summed E-state index contributed by atoms with van der Waals surface area (Å²) in [5.74, 6) is -0.241. The first-order valence-corrected chi connectivity index (χ1v) is 12.1. The van der Waals surface area contributed by atoms with Gasteiger partial charge in [0.15, 0.2) is 0 Å². The summed E-state index contributed by atoms with van der Waals surface area (Å²) in [5.41, 5.74) is 1.85. The zero-order valence-corrected chi connectivity index (χ0v) is 18.9. The molecule has 1 amide bonds. The van der Waals surface area contributed by atoms with Gasteiger partial charge in [-0.3, -0.25) is 9.10 Å². The Kier molecular flexibility index (Phi) is 7.07. The van der Waals surface area contributed by atoms with Gasteiger partial charge in [-0.2, -0.15) is 0 Å². The Hall–Kier alpha value is -2.48. The highest BCUT2D eigenvalue weighted by molar-refractivity contribution is 7.98. The smallest absolute Gasteiger partial charge is 0.264 e. The van der Waals surface area contributed by atoms with E-state index >= 15 is 0 Å². The Morgan fingerprint density at radius 2 is 1.57 bits per heavy atom. The highest BCUT2D eigenvalue weighted by atomic mass is 35.5. The van der Waals surface area contributed by atoms with Gasteiger partial charge in [-0.25, -0.2) is 8.42 Å². The van der Waals surface area contributed by atoms with Gasteiger partial charge in [0.05, 0.1) is 10.6 Å². The Labute approximate surface area is 186 Å². The molecule has 0 bridgehead atoms. The number of carbonyl (C=O) groups is 1. The molecule has 0 aliphatic heterocycles. The third-order valence-electron chi connectivity index (χ3n) is 4.58. The number of hydrogen-bond acceptors (Lipinski definition) is 4. The van der Waals surface area contributed by atoms with Gasteiger partial charge in [-0.1, -0.05) is 23.7 Å². The lowest BCUT2D eigenvalue weighted by Crippen LogP contribution is -2.27. The van der Waals surface area contributed by atoms with Gasteiger partial charge in [0.1, 0.15) is 0 Å². The van der Waals surface area contributed by atoms with E-state index in [4.69, 9.17) is 11.6 Å². The molecule has 0 heterocycles. The number of benzene rings is 3. The number of halogens is 1. The van der Waals surface area contributed by atoms with E-state index in [1.165, 1.54) is 11.4 Å². The summed E-state index contributed by atoms with van der Waals surface area (Å²) >= 11 is 7.41. The quantitative estimate of drug-likeness (QED) is 0.513. The van der Waals surface area contributed by atoms with E-state index in [0.717, 1.165) is 10.5 Å². The summed E-state index contributed by atoms with van der Waals surface area (Å²) < 4.78 is 26.9. The number of anilines is 1. The average molecular weight is 461 g/mol. The molecule has 0 aliphatic rings. The van der Waals surface area contributed by atoms with Crippen LogP contribution in [0.2, 0.25) is 5.02 Å². The van der Waals surface area contributed by atoms with E-state index in [2.05, 4.69) is 5.32 Å². The fourth-order valence-corrected chi connectivity index (χ4v) is 4.48. The second-order valence-electron chi connectivity index (χ2n) is 6.50. The van der Waals surface area contributed by atoms with Crippen molar-refractivity contribution in [2.75, 3.05) is 17.6 Å². The highest BCUT2D eigenvalue weighted by Gasteiger charge is 2.21. The second-order valence-corrected chi connectivity index (χ2v) is 9.79. The number of rotatable bonds is 7. The van der Waals surface area contributed by atoms with E-state index in [0.29, 0.717) is 22.8 Å². The van der Waals surface area contributed by atoms with Gasteiger partial charge in [0.2, 0.25) is 0 Å². The Bertz CT molecular complexity index is 1110. The summed E-state index contributed by atoms with van der Waals surface area (Å²) in [5, 5.41) is 3.47. The lowest BCUT2D eigenvalue weighted by atomic mass is 10.2. The number of nitrogens with one attached hydrogen (secondary N) is 1. The minimum Gasteiger partial charge on any atom is -0.348 e. The number of amides is 1. The first-order valence-electron chi connectivity index (χ1n) is 9.07. The third-order valence-corrected chi connectivity index (χ3v) is 7.37. The minimum absolute atomic E-state index is 0.215. The van der Waals surface area contributed by atoms with Crippen LogP contribution in [-0.2, 0) is 16.6 Å². The molecular formula is C22H21ClN2O3S2. The first-order chi connectivity index (χ1) is 14.3. The van der Waals surface area contributed by atoms with Gasteiger partial charge in [0.25, 0.3) is 15.9 Å². The topological polar surface area (TPSA) is 66.5 Å². The number of carbonyl (C=O) groups excluding carboxylic acids is 1. The molecule has 0 aromatic heterocycles. The molecule has 8 heteroatoms. The Morgan fingerprint density at radius 3 is 2.13 bits per heavy atom. The predicted molar refractivity (Wildman–Crippen MR) is 123 cm³/mol. The van der Waals surface area contributed by atoms with Crippen molar-refractivity contribution < 1.29 is 13.2 Å². The fourth-order valence-electron chi connectivity index (χ4n) is 2.75. The zero-order chi connectivity index (χ0) is 21.7. The lowest BCUT2D eigenvalue weighted by molar-refractivity contribution is 0.0951. The maximum atomic E-state index is 12.9. The van der Waals surface area contributed by atoms with Gasteiger partial charge in [0, 0.05) is 29.1 Å². The van der Waals surface area contributed by atoms with Gasteiger partial charge in [-0.05, 0) is 72.5 Å². The van der Waals surface area contributed by atoms with Crippen molar-refractivity contribution in [1.82, 2.24) is 5.32 Å². The molecule has 30 heavy (non-hydrogen) atoms. The summed E-state index contributed by atoms with van der Waals surface area (Å²) in [4.78, 5) is 13.6. The van der Waals surface area contributed by atoms with Crippen molar-refractivity contribution in [3.05, 3.63) is 88.9 Å². The largest absolute Gasteiger partial charge is 0.348 e. The van der Waals surface area contributed by atoms with Gasteiger partial charge in [-0.15, -0.1) is 11.8 Å². The van der Waals surface area contributed by atoms with E-state index in [1.54, 1.807) is 72.4 Å². The highest BCUT2D eigenvalue weighted by Crippen LogP contribution is 2.24. The van der Waals surface area contributed by atoms with E-state index < -0.39 is 10.0 Å². The third kappa shape index (κ3) is 5.16. The molecule has 1 N–H and O–H groups in total. The summed E-state index contributed by atoms with van der Waals surface area (Å²) in [7, 11) is -2.19. The van der Waals surface area contributed by atoms with Crippen LogP contribution < -0.4 is 9.62 Å². The van der Waals surface area contributed by atoms with Crippen molar-refractivity contribution in [3.63, 3.8) is 0 Å². The Balaban J connectivity index is 1.68. The monoisotopic (exact) mass is 460 g/mol. The molecule has 5 nitrogen and oxygen atoms in total. The molecular weight excluding hydrogens is 440 g/mol. The molecule has 0 fully saturated rings. The maximum absolute atomic E-state index is 12.9. The fraction of sp³-hybridized carbons (Fsp3) is 0.136. The summed E-state index contributed by atoms with van der Waals surface area (Å²) in [6.45, 7) is 0.373. The van der Waals surface area contributed by atoms with Crippen LogP contribution >= 0.6 is 23.4 Å². The van der Waals surface area contributed by atoms with Crippen molar-refractivity contribution in [3.8, 4) is 0 Å². The van der Waals surface area contributed by atoms with E-state index in [-0.39, 0.29) is 10.8 Å². The molecule has 0 saturated heterocycles. The predicted octanol–water partition coefficient (Wildman–Crippen LogP) is 4.82. The van der Waals surface area contributed by atoms with Crippen LogP contribution in [0.1, 0.15) is 15.9 Å². The summed E-state index contributed by atoms with van der Waals surface area (Å²) in [6.07, 6.45) is 1.93. The average Bonchev–Trinajstić information content (AvgIpc) is 2.78.